The summed E-state index contributed by atoms with van der Waals surface area (Å²) in [4.78, 5) is 0. The fraction of sp³-hybridized carbons (Fsp3) is 0.875. The van der Waals surface area contributed by atoms with Crippen LogP contribution in [0.3, 0.4) is 0 Å². The van der Waals surface area contributed by atoms with Crippen LogP contribution in [-0.2, 0) is 0 Å². The summed E-state index contributed by atoms with van der Waals surface area (Å²) in [5.41, 5.74) is 0. The Morgan fingerprint density at radius 3 is 2.00 bits per heavy atom. The van der Waals surface area contributed by atoms with Gasteiger partial charge >= 0.3 is 0 Å². The number of rotatable bonds is 2. The largest absolute Gasteiger partial charge is 0.198 e. The molecule has 0 aliphatic heterocycles. The normalized spacial score (nSPS) is 10.6. The molecule has 1 atom stereocenters. The first-order chi connectivity index (χ1) is 4.31. The lowest BCUT2D eigenvalue weighted by Gasteiger charge is -1.96. The molecule has 0 aromatic heterocycles. The lowest BCUT2D eigenvalue weighted by Crippen LogP contribution is -1.86. The van der Waals surface area contributed by atoms with Crippen LogP contribution in [0.25, 0.3) is 0 Å². The summed E-state index contributed by atoms with van der Waals surface area (Å²) in [6.45, 7) is 8.19. The Morgan fingerprint density at radius 2 is 1.89 bits per heavy atom. The minimum absolute atomic E-state index is 0.588. The molecule has 0 saturated carbocycles. The molecule has 0 rings (SSSR count). The van der Waals surface area contributed by atoms with Crippen LogP contribution in [0.1, 0.15) is 40.5 Å². The maximum absolute atomic E-state index is 8.12. The second kappa shape index (κ2) is 10.5. The minimum atomic E-state index is 0.588. The van der Waals surface area contributed by atoms with Crippen LogP contribution in [0.15, 0.2) is 0 Å². The van der Waals surface area contributed by atoms with Gasteiger partial charge in [0.2, 0.25) is 0 Å². The van der Waals surface area contributed by atoms with E-state index in [4.69, 9.17) is 5.26 Å². The van der Waals surface area contributed by atoms with E-state index in [0.29, 0.717) is 12.3 Å². The van der Waals surface area contributed by atoms with Crippen LogP contribution >= 0.6 is 0 Å². The monoisotopic (exact) mass is 127 g/mol. The van der Waals surface area contributed by atoms with Gasteiger partial charge in [0, 0.05) is 6.42 Å². The molecule has 0 aromatic carbocycles. The van der Waals surface area contributed by atoms with Crippen LogP contribution in [-0.4, -0.2) is 0 Å². The molecule has 0 aliphatic rings. The molecule has 0 heterocycles. The van der Waals surface area contributed by atoms with Crippen LogP contribution in [0.2, 0.25) is 0 Å². The molecule has 54 valence electrons. The lowest BCUT2D eigenvalue weighted by atomic mass is 10.1. The predicted octanol–water partition coefficient (Wildman–Crippen LogP) is 2.97. The molecule has 1 unspecified atom stereocenters. The van der Waals surface area contributed by atoms with Gasteiger partial charge in [-0.25, -0.2) is 0 Å². The average Bonchev–Trinajstić information content (AvgIpc) is 1.93. The van der Waals surface area contributed by atoms with Crippen molar-refractivity contribution >= 4 is 0 Å². The molecule has 0 spiro atoms. The molecular weight excluding hydrogens is 110 g/mol. The maximum Gasteiger partial charge on any atom is 0.0624 e. The van der Waals surface area contributed by atoms with E-state index in [9.17, 15) is 0 Å². The Hall–Kier alpha value is -0.510. The maximum atomic E-state index is 8.12. The van der Waals surface area contributed by atoms with E-state index in [-0.39, 0.29) is 0 Å². The predicted molar refractivity (Wildman–Crippen MR) is 41.0 cm³/mol. The third-order valence-electron chi connectivity index (χ3n) is 1.14. The number of hydrogen-bond donors (Lipinski definition) is 0. The van der Waals surface area contributed by atoms with E-state index in [0.717, 1.165) is 6.42 Å². The minimum Gasteiger partial charge on any atom is -0.198 e. The van der Waals surface area contributed by atoms with E-state index in [2.05, 4.69) is 19.9 Å². The van der Waals surface area contributed by atoms with Gasteiger partial charge in [-0.3, -0.25) is 0 Å². The summed E-state index contributed by atoms with van der Waals surface area (Å²) in [7, 11) is 0. The number of hydrogen-bond acceptors (Lipinski definition) is 1. The third-order valence-corrected chi connectivity index (χ3v) is 1.14. The van der Waals surface area contributed by atoms with Gasteiger partial charge in [0.1, 0.15) is 0 Å². The SMILES string of the molecule is CC.CCC(C)CC#N. The van der Waals surface area contributed by atoms with Gasteiger partial charge in [-0.15, -0.1) is 0 Å². The van der Waals surface area contributed by atoms with Crippen molar-refractivity contribution in [3.05, 3.63) is 0 Å². The lowest BCUT2D eigenvalue weighted by molar-refractivity contribution is 0.578. The Balaban J connectivity index is 0. The van der Waals surface area contributed by atoms with Crippen molar-refractivity contribution in [1.82, 2.24) is 0 Å². The Bertz CT molecular complexity index is 71.1. The van der Waals surface area contributed by atoms with Crippen molar-refractivity contribution in [2.45, 2.75) is 40.5 Å². The molecule has 0 aliphatic carbocycles. The fourth-order valence-electron chi connectivity index (χ4n) is 0.300. The number of nitriles is 1. The fourth-order valence-corrected chi connectivity index (χ4v) is 0.300. The second-order valence-electron chi connectivity index (χ2n) is 1.88. The summed E-state index contributed by atoms with van der Waals surface area (Å²) < 4.78 is 0. The van der Waals surface area contributed by atoms with Crippen LogP contribution < -0.4 is 0 Å². The summed E-state index contributed by atoms with van der Waals surface area (Å²) >= 11 is 0. The standard InChI is InChI=1S/C6H11N.C2H6/c1-3-6(2)4-5-7;1-2/h6H,3-4H2,1-2H3;1-2H3. The van der Waals surface area contributed by atoms with E-state index in [1.165, 1.54) is 0 Å². The molecule has 1 nitrogen and oxygen atoms in total. The molecule has 9 heavy (non-hydrogen) atoms. The van der Waals surface area contributed by atoms with Gasteiger partial charge in [0.25, 0.3) is 0 Å². The molecule has 0 bridgehead atoms. The highest BCUT2D eigenvalue weighted by atomic mass is 14.2. The van der Waals surface area contributed by atoms with Crippen LogP contribution in [0.5, 0.6) is 0 Å². The zero-order chi connectivity index (χ0) is 7.70. The first kappa shape index (κ1) is 11.3. The topological polar surface area (TPSA) is 23.8 Å². The summed E-state index contributed by atoms with van der Waals surface area (Å²) in [6.07, 6.45) is 1.82. The van der Waals surface area contributed by atoms with E-state index < -0.39 is 0 Å². The first-order valence-corrected chi connectivity index (χ1v) is 3.68. The summed E-state index contributed by atoms with van der Waals surface area (Å²) in [5, 5.41) is 8.12. The van der Waals surface area contributed by atoms with Crippen LogP contribution in [0, 0.1) is 17.2 Å². The molecule has 0 aromatic rings. The van der Waals surface area contributed by atoms with Crippen molar-refractivity contribution in [2.75, 3.05) is 0 Å². The van der Waals surface area contributed by atoms with Gasteiger partial charge in [-0.1, -0.05) is 34.1 Å². The van der Waals surface area contributed by atoms with Gasteiger partial charge in [0.05, 0.1) is 6.07 Å². The highest BCUT2D eigenvalue weighted by Gasteiger charge is 1.93. The van der Waals surface area contributed by atoms with Crippen LogP contribution in [0.4, 0.5) is 0 Å². The average molecular weight is 127 g/mol. The molecule has 0 saturated heterocycles. The first-order valence-electron chi connectivity index (χ1n) is 3.68. The highest BCUT2D eigenvalue weighted by Crippen LogP contribution is 2.03. The molecule has 0 amide bonds. The third kappa shape index (κ3) is 11.2. The van der Waals surface area contributed by atoms with Crippen molar-refractivity contribution in [3.8, 4) is 6.07 Å². The zero-order valence-electron chi connectivity index (χ0n) is 6.94. The van der Waals surface area contributed by atoms with Gasteiger partial charge in [-0.05, 0) is 5.92 Å². The van der Waals surface area contributed by atoms with Gasteiger partial charge < -0.3 is 0 Å². The summed E-state index contributed by atoms with van der Waals surface area (Å²) in [6, 6.07) is 2.12. The Kier molecular flexibility index (Phi) is 13.2. The zero-order valence-corrected chi connectivity index (χ0v) is 6.94. The molecule has 0 fully saturated rings. The van der Waals surface area contributed by atoms with Crippen molar-refractivity contribution in [3.63, 3.8) is 0 Å². The Labute approximate surface area is 58.7 Å². The summed E-state index contributed by atoms with van der Waals surface area (Å²) in [5.74, 6) is 0.588. The molecular formula is C8H17N. The Morgan fingerprint density at radius 1 is 1.44 bits per heavy atom. The van der Waals surface area contributed by atoms with Gasteiger partial charge in [-0.2, -0.15) is 5.26 Å². The molecule has 0 N–H and O–H groups in total. The quantitative estimate of drug-likeness (QED) is 0.559. The molecule has 1 heteroatoms. The van der Waals surface area contributed by atoms with Crippen molar-refractivity contribution < 1.29 is 0 Å². The molecule has 0 radical (unpaired) electrons. The van der Waals surface area contributed by atoms with Crippen molar-refractivity contribution in [2.24, 2.45) is 5.92 Å². The van der Waals surface area contributed by atoms with Gasteiger partial charge in [0.15, 0.2) is 0 Å². The second-order valence-corrected chi connectivity index (χ2v) is 1.88. The smallest absolute Gasteiger partial charge is 0.0624 e. The van der Waals surface area contributed by atoms with E-state index in [1.807, 2.05) is 13.8 Å². The highest BCUT2D eigenvalue weighted by molar-refractivity contribution is 4.71. The number of nitrogens with zero attached hydrogens (tertiary/aromatic N) is 1. The van der Waals surface area contributed by atoms with Crippen molar-refractivity contribution in [1.29, 1.82) is 5.26 Å². The van der Waals surface area contributed by atoms with E-state index >= 15 is 0 Å². The van der Waals surface area contributed by atoms with E-state index in [1.54, 1.807) is 0 Å².